The molecule has 0 saturated carbocycles. The third-order valence-electron chi connectivity index (χ3n) is 2.84. The molecule has 0 aromatic heterocycles. The molecule has 0 aliphatic rings. The Bertz CT molecular complexity index is 387. The maximum Gasteiger partial charge on any atom is 0.330 e. The van der Waals surface area contributed by atoms with E-state index in [1.807, 2.05) is 31.3 Å². The van der Waals surface area contributed by atoms with Gasteiger partial charge < -0.3 is 4.74 Å². The van der Waals surface area contributed by atoms with Crippen LogP contribution in [0, 0.1) is 0 Å². The number of carbonyl (C=O) groups excluding carboxylic acids is 1. The van der Waals surface area contributed by atoms with Gasteiger partial charge in [-0.2, -0.15) is 0 Å². The lowest BCUT2D eigenvalue weighted by Crippen LogP contribution is -2.21. The number of benzene rings is 1. The number of carbonyl (C=O) groups is 1. The quantitative estimate of drug-likeness (QED) is 0.531. The number of ether oxygens (including phenoxy) is 1. The van der Waals surface area contributed by atoms with E-state index >= 15 is 0 Å². The van der Waals surface area contributed by atoms with Crippen molar-refractivity contribution in [2.75, 3.05) is 6.61 Å². The van der Waals surface area contributed by atoms with Crippen LogP contribution in [0.5, 0.6) is 0 Å². The Morgan fingerprint density at radius 3 is 2.68 bits per heavy atom. The second-order valence-electron chi connectivity index (χ2n) is 4.43. The van der Waals surface area contributed by atoms with Gasteiger partial charge in [0, 0.05) is 12.6 Å². The lowest BCUT2D eigenvalue weighted by molar-refractivity contribution is -0.144. The van der Waals surface area contributed by atoms with Crippen LogP contribution in [0.4, 0.5) is 0 Å². The van der Waals surface area contributed by atoms with Gasteiger partial charge in [0.15, 0.2) is 0 Å². The highest BCUT2D eigenvalue weighted by Gasteiger charge is 2.16. The van der Waals surface area contributed by atoms with Crippen LogP contribution in [0.25, 0.3) is 0 Å². The van der Waals surface area contributed by atoms with E-state index in [1.54, 1.807) is 0 Å². The molecule has 1 atom stereocenters. The molecule has 0 bridgehead atoms. The van der Waals surface area contributed by atoms with Crippen molar-refractivity contribution in [3.05, 3.63) is 35.9 Å². The van der Waals surface area contributed by atoms with Crippen LogP contribution in [0.3, 0.4) is 0 Å². The van der Waals surface area contributed by atoms with Crippen LogP contribution >= 0.6 is 0 Å². The Kier molecular flexibility index (Phi) is 7.56. The van der Waals surface area contributed by atoms with Crippen molar-refractivity contribution in [1.29, 1.82) is 0 Å². The summed E-state index contributed by atoms with van der Waals surface area (Å²) in [6.07, 6.45) is 5.40. The summed E-state index contributed by atoms with van der Waals surface area (Å²) in [5.41, 5.74) is 1.20. The summed E-state index contributed by atoms with van der Waals surface area (Å²) in [5, 5.41) is 0. The van der Waals surface area contributed by atoms with E-state index in [0.717, 1.165) is 25.7 Å². The Balaban J connectivity index is 2.53. The second-order valence-corrected chi connectivity index (χ2v) is 4.43. The average Bonchev–Trinajstić information content (AvgIpc) is 2.44. The summed E-state index contributed by atoms with van der Waals surface area (Å²) >= 11 is 0. The van der Waals surface area contributed by atoms with E-state index in [0.29, 0.717) is 6.61 Å². The van der Waals surface area contributed by atoms with Gasteiger partial charge in [0.2, 0.25) is 0 Å². The molecule has 1 aromatic carbocycles. The van der Waals surface area contributed by atoms with Gasteiger partial charge in [-0.15, -0.1) is 0 Å². The average molecular weight is 261 g/mol. The fourth-order valence-corrected chi connectivity index (χ4v) is 1.79. The van der Waals surface area contributed by atoms with Crippen molar-refractivity contribution >= 4 is 12.2 Å². The summed E-state index contributed by atoms with van der Waals surface area (Å²) in [6, 6.07) is 9.76. The topological polar surface area (TPSA) is 38.7 Å². The number of aliphatic imine (C=N–C) groups is 1. The van der Waals surface area contributed by atoms with E-state index in [2.05, 4.69) is 24.0 Å². The first-order chi connectivity index (χ1) is 9.27. The van der Waals surface area contributed by atoms with E-state index in [9.17, 15) is 4.79 Å². The van der Waals surface area contributed by atoms with Crippen molar-refractivity contribution < 1.29 is 9.53 Å². The predicted octanol–water partition coefficient (Wildman–Crippen LogP) is 3.42. The summed E-state index contributed by atoms with van der Waals surface area (Å²) < 4.78 is 5.05. The number of rotatable bonds is 8. The van der Waals surface area contributed by atoms with E-state index in [-0.39, 0.29) is 12.0 Å². The highest BCUT2D eigenvalue weighted by molar-refractivity contribution is 5.78. The van der Waals surface area contributed by atoms with E-state index in [1.165, 1.54) is 5.56 Å². The number of hydrogen-bond donors (Lipinski definition) is 0. The standard InChI is InChI=1S/C16H23NO2/c1-3-5-11-15(16(18)19-4-2)17-13-12-14-9-7-6-8-10-14/h6-10,13,15H,3-5,11-12H2,1-2H3. The molecule has 3 heteroatoms. The van der Waals surface area contributed by atoms with Crippen molar-refractivity contribution in [3.8, 4) is 0 Å². The maximum atomic E-state index is 11.8. The molecule has 0 fully saturated rings. The van der Waals surface area contributed by atoms with E-state index in [4.69, 9.17) is 4.74 Å². The number of hydrogen-bond acceptors (Lipinski definition) is 3. The lowest BCUT2D eigenvalue weighted by atomic mass is 10.1. The van der Waals surface area contributed by atoms with Crippen LogP contribution in [0.2, 0.25) is 0 Å². The minimum absolute atomic E-state index is 0.208. The smallest absolute Gasteiger partial charge is 0.330 e. The van der Waals surface area contributed by atoms with Gasteiger partial charge in [-0.1, -0.05) is 50.1 Å². The van der Waals surface area contributed by atoms with Crippen molar-refractivity contribution in [2.45, 2.75) is 45.6 Å². The molecular weight excluding hydrogens is 238 g/mol. The summed E-state index contributed by atoms with van der Waals surface area (Å²) in [4.78, 5) is 16.1. The molecule has 104 valence electrons. The third kappa shape index (κ3) is 6.18. The minimum Gasteiger partial charge on any atom is -0.464 e. The van der Waals surface area contributed by atoms with Gasteiger partial charge in [-0.05, 0) is 18.9 Å². The normalized spacial score (nSPS) is 12.5. The summed E-state index contributed by atoms with van der Waals surface area (Å²) in [5.74, 6) is -0.208. The largest absolute Gasteiger partial charge is 0.464 e. The van der Waals surface area contributed by atoms with Gasteiger partial charge in [-0.3, -0.25) is 4.99 Å². The molecule has 0 spiro atoms. The predicted molar refractivity (Wildman–Crippen MR) is 78.6 cm³/mol. The van der Waals surface area contributed by atoms with Crippen LogP contribution in [-0.4, -0.2) is 24.8 Å². The first kappa shape index (κ1) is 15.4. The van der Waals surface area contributed by atoms with Gasteiger partial charge in [0.25, 0.3) is 0 Å². The Labute approximate surface area is 115 Å². The van der Waals surface area contributed by atoms with Crippen LogP contribution < -0.4 is 0 Å². The Hall–Kier alpha value is -1.64. The molecule has 19 heavy (non-hydrogen) atoms. The Morgan fingerprint density at radius 2 is 2.05 bits per heavy atom. The third-order valence-corrected chi connectivity index (χ3v) is 2.84. The molecule has 0 heterocycles. The Morgan fingerprint density at radius 1 is 1.32 bits per heavy atom. The zero-order chi connectivity index (χ0) is 13.9. The molecule has 0 amide bonds. The molecule has 0 aliphatic heterocycles. The molecule has 3 nitrogen and oxygen atoms in total. The molecule has 0 aliphatic carbocycles. The van der Waals surface area contributed by atoms with Crippen molar-refractivity contribution in [3.63, 3.8) is 0 Å². The summed E-state index contributed by atoms with van der Waals surface area (Å²) in [6.45, 7) is 4.34. The van der Waals surface area contributed by atoms with Gasteiger partial charge in [-0.25, -0.2) is 4.79 Å². The molecule has 1 unspecified atom stereocenters. The first-order valence-corrected chi connectivity index (χ1v) is 7.00. The molecule has 0 saturated heterocycles. The molecule has 0 N–H and O–H groups in total. The molecule has 1 aromatic rings. The highest BCUT2D eigenvalue weighted by Crippen LogP contribution is 2.07. The SMILES string of the molecule is CCCCC(N=CCc1ccccc1)C(=O)OCC. The first-order valence-electron chi connectivity index (χ1n) is 7.00. The van der Waals surface area contributed by atoms with Gasteiger partial charge in [0.05, 0.1) is 6.61 Å². The number of unbranched alkanes of at least 4 members (excludes halogenated alkanes) is 1. The van der Waals surface area contributed by atoms with Crippen LogP contribution in [0.15, 0.2) is 35.3 Å². The van der Waals surface area contributed by atoms with E-state index < -0.39 is 0 Å². The molecular formula is C16H23NO2. The van der Waals surface area contributed by atoms with Crippen LogP contribution in [0.1, 0.15) is 38.7 Å². The van der Waals surface area contributed by atoms with Gasteiger partial charge >= 0.3 is 5.97 Å². The maximum absolute atomic E-state index is 11.8. The molecule has 0 radical (unpaired) electrons. The van der Waals surface area contributed by atoms with Crippen LogP contribution in [-0.2, 0) is 16.0 Å². The number of esters is 1. The highest BCUT2D eigenvalue weighted by atomic mass is 16.5. The fraction of sp³-hybridized carbons (Fsp3) is 0.500. The zero-order valence-electron chi connectivity index (χ0n) is 11.8. The van der Waals surface area contributed by atoms with Crippen molar-refractivity contribution in [1.82, 2.24) is 0 Å². The molecule has 1 rings (SSSR count). The minimum atomic E-state index is -0.344. The monoisotopic (exact) mass is 261 g/mol. The lowest BCUT2D eigenvalue weighted by Gasteiger charge is -2.10. The zero-order valence-corrected chi connectivity index (χ0v) is 11.8. The summed E-state index contributed by atoms with van der Waals surface area (Å²) in [7, 11) is 0. The number of nitrogens with zero attached hydrogens (tertiary/aromatic N) is 1. The van der Waals surface area contributed by atoms with Gasteiger partial charge in [0.1, 0.15) is 6.04 Å². The second kappa shape index (κ2) is 9.31. The fourth-order valence-electron chi connectivity index (χ4n) is 1.79. The van der Waals surface area contributed by atoms with Crippen molar-refractivity contribution in [2.24, 2.45) is 4.99 Å².